The lowest BCUT2D eigenvalue weighted by atomic mass is 10.0. The van der Waals surface area contributed by atoms with Crippen LogP contribution in [0.15, 0.2) is 6.20 Å². The van der Waals surface area contributed by atoms with Gasteiger partial charge < -0.3 is 19.7 Å². The van der Waals surface area contributed by atoms with E-state index >= 15 is 0 Å². The molecule has 0 amide bonds. The van der Waals surface area contributed by atoms with E-state index in [9.17, 15) is 0 Å². The summed E-state index contributed by atoms with van der Waals surface area (Å²) in [7, 11) is 0. The molecular weight excluding hydrogens is 270 g/mol. The third kappa shape index (κ3) is 3.41. The van der Waals surface area contributed by atoms with E-state index in [-0.39, 0.29) is 5.79 Å². The zero-order valence-corrected chi connectivity index (χ0v) is 12.7. The maximum Gasteiger partial charge on any atom is 0.247 e. The van der Waals surface area contributed by atoms with Crippen LogP contribution in [-0.2, 0) is 9.47 Å². The minimum absolute atomic E-state index is 0.364. The number of aromatic nitrogens is 3. The van der Waals surface area contributed by atoms with Crippen LogP contribution in [0.1, 0.15) is 26.7 Å². The summed E-state index contributed by atoms with van der Waals surface area (Å²) in [5, 5.41) is 11.5. The fourth-order valence-corrected chi connectivity index (χ4v) is 2.66. The summed E-state index contributed by atoms with van der Waals surface area (Å²) in [5.41, 5.74) is 0. The average molecular weight is 293 g/mol. The molecule has 3 rings (SSSR count). The summed E-state index contributed by atoms with van der Waals surface area (Å²) in [6, 6.07) is 0. The molecule has 0 radical (unpaired) electrons. The third-order valence-corrected chi connectivity index (χ3v) is 3.86. The first-order valence-corrected chi connectivity index (χ1v) is 7.63. The second kappa shape index (κ2) is 6.11. The lowest BCUT2D eigenvalue weighted by Gasteiger charge is -2.37. The summed E-state index contributed by atoms with van der Waals surface area (Å²) in [6.45, 7) is 8.26. The highest BCUT2D eigenvalue weighted by Gasteiger charge is 2.40. The molecule has 1 aromatic rings. The zero-order chi connectivity index (χ0) is 14.7. The highest BCUT2D eigenvalue weighted by molar-refractivity contribution is 5.39. The molecule has 7 heteroatoms. The summed E-state index contributed by atoms with van der Waals surface area (Å²) in [5.74, 6) is 1.66. The van der Waals surface area contributed by atoms with Gasteiger partial charge in [0, 0.05) is 32.5 Å². The van der Waals surface area contributed by atoms with E-state index in [1.165, 1.54) is 0 Å². The number of piperidine rings is 1. The fourth-order valence-electron chi connectivity index (χ4n) is 2.66. The molecule has 0 bridgehead atoms. The van der Waals surface area contributed by atoms with Crippen LogP contribution in [0.25, 0.3) is 0 Å². The second-order valence-corrected chi connectivity index (χ2v) is 6.01. The van der Waals surface area contributed by atoms with Crippen molar-refractivity contribution in [3.63, 3.8) is 0 Å². The molecule has 7 nitrogen and oxygen atoms in total. The molecule has 0 unspecified atom stereocenters. The predicted octanol–water partition coefficient (Wildman–Crippen LogP) is 1.28. The largest absolute Gasteiger partial charge is 0.368 e. The Balaban J connectivity index is 1.61. The van der Waals surface area contributed by atoms with Gasteiger partial charge in [-0.3, -0.25) is 0 Å². The molecule has 2 aliphatic rings. The lowest BCUT2D eigenvalue weighted by Crippen LogP contribution is -2.45. The molecule has 21 heavy (non-hydrogen) atoms. The van der Waals surface area contributed by atoms with E-state index in [2.05, 4.69) is 39.2 Å². The van der Waals surface area contributed by atoms with Gasteiger partial charge in [0.05, 0.1) is 19.4 Å². The van der Waals surface area contributed by atoms with Gasteiger partial charge >= 0.3 is 0 Å². The van der Waals surface area contributed by atoms with Crippen LogP contribution in [-0.4, -0.2) is 53.8 Å². The van der Waals surface area contributed by atoms with Crippen LogP contribution in [0.4, 0.5) is 11.8 Å². The summed E-state index contributed by atoms with van der Waals surface area (Å²) < 4.78 is 11.5. The summed E-state index contributed by atoms with van der Waals surface area (Å²) >= 11 is 0. The molecular formula is C14H23N5O2. The third-order valence-electron chi connectivity index (χ3n) is 3.86. The number of hydrogen-bond acceptors (Lipinski definition) is 7. The Morgan fingerprint density at radius 3 is 2.67 bits per heavy atom. The van der Waals surface area contributed by atoms with E-state index in [1.807, 2.05) is 0 Å². The molecule has 2 aliphatic heterocycles. The van der Waals surface area contributed by atoms with Crippen LogP contribution in [0, 0.1) is 5.92 Å². The molecule has 2 fully saturated rings. The van der Waals surface area contributed by atoms with Gasteiger partial charge in [0.15, 0.2) is 11.6 Å². The maximum absolute atomic E-state index is 5.74. The topological polar surface area (TPSA) is 72.4 Å². The smallest absolute Gasteiger partial charge is 0.247 e. The van der Waals surface area contributed by atoms with Crippen LogP contribution >= 0.6 is 0 Å². The number of hydrogen-bond donors (Lipinski definition) is 1. The average Bonchev–Trinajstić information content (AvgIpc) is 2.94. The van der Waals surface area contributed by atoms with Crippen molar-refractivity contribution in [1.29, 1.82) is 0 Å². The molecule has 3 heterocycles. The highest BCUT2D eigenvalue weighted by Crippen LogP contribution is 2.32. The van der Waals surface area contributed by atoms with Gasteiger partial charge in [-0.2, -0.15) is 10.1 Å². The zero-order valence-electron chi connectivity index (χ0n) is 12.7. The Hall–Kier alpha value is -1.47. The molecule has 2 saturated heterocycles. The molecule has 1 aromatic heterocycles. The number of anilines is 2. The lowest BCUT2D eigenvalue weighted by molar-refractivity contribution is -0.169. The SMILES string of the molecule is CC(C)CNc1cnnc(N2CCC3(CC2)OCCO3)n1. The number of ether oxygens (including phenoxy) is 2. The van der Waals surface area contributed by atoms with Crippen molar-refractivity contribution in [3.05, 3.63) is 6.20 Å². The van der Waals surface area contributed by atoms with Gasteiger partial charge in [-0.05, 0) is 5.92 Å². The van der Waals surface area contributed by atoms with Crippen molar-refractivity contribution in [2.75, 3.05) is 43.1 Å². The minimum atomic E-state index is -0.364. The molecule has 116 valence electrons. The fraction of sp³-hybridized carbons (Fsp3) is 0.786. The van der Waals surface area contributed by atoms with Crippen molar-refractivity contribution in [2.24, 2.45) is 5.92 Å². The van der Waals surface area contributed by atoms with E-state index in [1.54, 1.807) is 6.20 Å². The van der Waals surface area contributed by atoms with E-state index in [0.717, 1.165) is 38.3 Å². The van der Waals surface area contributed by atoms with Crippen LogP contribution in [0.3, 0.4) is 0 Å². The molecule has 0 atom stereocenters. The highest BCUT2D eigenvalue weighted by atomic mass is 16.7. The Bertz CT molecular complexity index is 466. The molecule has 0 aromatic carbocycles. The van der Waals surface area contributed by atoms with Gasteiger partial charge in [0.1, 0.15) is 0 Å². The molecule has 0 saturated carbocycles. The van der Waals surface area contributed by atoms with E-state index in [0.29, 0.717) is 25.1 Å². The monoisotopic (exact) mass is 293 g/mol. The Morgan fingerprint density at radius 2 is 2.00 bits per heavy atom. The van der Waals surface area contributed by atoms with Gasteiger partial charge in [-0.1, -0.05) is 13.8 Å². The Morgan fingerprint density at radius 1 is 1.29 bits per heavy atom. The normalized spacial score (nSPS) is 21.2. The van der Waals surface area contributed by atoms with Gasteiger partial charge in [-0.15, -0.1) is 5.10 Å². The van der Waals surface area contributed by atoms with Crippen molar-refractivity contribution in [1.82, 2.24) is 15.2 Å². The van der Waals surface area contributed by atoms with Crippen molar-refractivity contribution in [2.45, 2.75) is 32.5 Å². The van der Waals surface area contributed by atoms with Gasteiger partial charge in [0.2, 0.25) is 5.95 Å². The van der Waals surface area contributed by atoms with E-state index < -0.39 is 0 Å². The second-order valence-electron chi connectivity index (χ2n) is 6.01. The predicted molar refractivity (Wildman–Crippen MR) is 79.2 cm³/mol. The maximum atomic E-state index is 5.74. The molecule has 0 aliphatic carbocycles. The summed E-state index contributed by atoms with van der Waals surface area (Å²) in [4.78, 5) is 6.69. The van der Waals surface area contributed by atoms with Crippen molar-refractivity contribution >= 4 is 11.8 Å². The first-order valence-electron chi connectivity index (χ1n) is 7.63. The van der Waals surface area contributed by atoms with Crippen LogP contribution in [0.5, 0.6) is 0 Å². The number of nitrogens with one attached hydrogen (secondary N) is 1. The van der Waals surface area contributed by atoms with E-state index in [4.69, 9.17) is 9.47 Å². The number of nitrogens with zero attached hydrogens (tertiary/aromatic N) is 4. The number of rotatable bonds is 4. The first kappa shape index (κ1) is 14.5. The van der Waals surface area contributed by atoms with Crippen molar-refractivity contribution in [3.8, 4) is 0 Å². The van der Waals surface area contributed by atoms with Gasteiger partial charge in [-0.25, -0.2) is 0 Å². The Labute approximate surface area is 125 Å². The van der Waals surface area contributed by atoms with Gasteiger partial charge in [0.25, 0.3) is 0 Å². The van der Waals surface area contributed by atoms with Crippen molar-refractivity contribution < 1.29 is 9.47 Å². The minimum Gasteiger partial charge on any atom is -0.368 e. The quantitative estimate of drug-likeness (QED) is 0.896. The standard InChI is InChI=1S/C14H23N5O2/c1-11(2)9-15-12-10-16-18-13(17-12)19-5-3-14(4-6-19)20-7-8-21-14/h10-11H,3-9H2,1-2H3,(H,15,17,18). The Kier molecular flexibility index (Phi) is 4.21. The van der Waals surface area contributed by atoms with Crippen LogP contribution < -0.4 is 10.2 Å². The first-order chi connectivity index (χ1) is 10.2. The molecule has 1 N–H and O–H groups in total. The summed E-state index contributed by atoms with van der Waals surface area (Å²) in [6.07, 6.45) is 3.36. The van der Waals surface area contributed by atoms with Crippen LogP contribution in [0.2, 0.25) is 0 Å². The molecule has 1 spiro atoms.